The van der Waals surface area contributed by atoms with Crippen molar-refractivity contribution in [3.05, 3.63) is 0 Å². The molecule has 25 heavy (non-hydrogen) atoms. The van der Waals surface area contributed by atoms with E-state index in [0.717, 1.165) is 25.7 Å². The molecule has 0 aliphatic carbocycles. The number of piperidine rings is 1. The first-order valence-corrected chi connectivity index (χ1v) is 11.0. The molecule has 0 radical (unpaired) electrons. The van der Waals surface area contributed by atoms with Gasteiger partial charge in [0.2, 0.25) is 15.9 Å². The first-order chi connectivity index (χ1) is 11.9. The molecule has 3 saturated heterocycles. The van der Waals surface area contributed by atoms with Crippen LogP contribution < -0.4 is 0 Å². The lowest BCUT2D eigenvalue weighted by Gasteiger charge is -2.46. The van der Waals surface area contributed by atoms with E-state index in [-0.39, 0.29) is 17.3 Å². The van der Waals surface area contributed by atoms with Gasteiger partial charge in [0.05, 0.1) is 24.6 Å². The van der Waals surface area contributed by atoms with E-state index in [0.29, 0.717) is 58.3 Å². The molecular formula is C17H30N2O5S. The molecule has 0 N–H and O–H groups in total. The summed E-state index contributed by atoms with van der Waals surface area (Å²) in [6.45, 7) is 6.05. The van der Waals surface area contributed by atoms with E-state index in [4.69, 9.17) is 9.47 Å². The van der Waals surface area contributed by atoms with Crippen LogP contribution >= 0.6 is 0 Å². The Morgan fingerprint density at radius 3 is 2.44 bits per heavy atom. The van der Waals surface area contributed by atoms with Crippen LogP contribution in [-0.2, 0) is 24.3 Å². The van der Waals surface area contributed by atoms with Gasteiger partial charge in [-0.25, -0.2) is 12.7 Å². The standard InChI is InChI=1S/C17H30N2O5S/c1-2-25(21,22)19-6-4-17(5-7-19)14-15(3-10-24-17)13-16(20)18-8-11-23-12-9-18/h15H,2-14H2,1H3. The van der Waals surface area contributed by atoms with E-state index >= 15 is 0 Å². The van der Waals surface area contributed by atoms with Crippen LogP contribution in [0.2, 0.25) is 0 Å². The third-order valence-electron chi connectivity index (χ3n) is 5.81. The van der Waals surface area contributed by atoms with Gasteiger partial charge in [0.15, 0.2) is 0 Å². The molecule has 3 rings (SSSR count). The number of amides is 1. The lowest BCUT2D eigenvalue weighted by molar-refractivity contribution is -0.143. The second kappa shape index (κ2) is 7.90. The average molecular weight is 375 g/mol. The zero-order valence-electron chi connectivity index (χ0n) is 15.1. The van der Waals surface area contributed by atoms with E-state index in [1.807, 2.05) is 4.90 Å². The molecule has 1 atom stereocenters. The van der Waals surface area contributed by atoms with E-state index in [9.17, 15) is 13.2 Å². The second-order valence-corrected chi connectivity index (χ2v) is 9.64. The van der Waals surface area contributed by atoms with Crippen LogP contribution in [0.1, 0.15) is 39.0 Å². The lowest BCUT2D eigenvalue weighted by Crippen LogP contribution is -2.51. The zero-order chi connectivity index (χ0) is 17.9. The summed E-state index contributed by atoms with van der Waals surface area (Å²) in [5, 5.41) is 0. The monoisotopic (exact) mass is 374 g/mol. The van der Waals surface area contributed by atoms with E-state index in [1.54, 1.807) is 11.2 Å². The SMILES string of the molecule is CCS(=O)(=O)N1CCC2(CC1)CC(CC(=O)N1CCOCC1)CCO2. The maximum Gasteiger partial charge on any atom is 0.223 e. The number of hydrogen-bond donors (Lipinski definition) is 0. The minimum absolute atomic E-state index is 0.150. The van der Waals surface area contributed by atoms with Gasteiger partial charge in [-0.3, -0.25) is 4.79 Å². The summed E-state index contributed by atoms with van der Waals surface area (Å²) in [7, 11) is -3.12. The minimum Gasteiger partial charge on any atom is -0.378 e. The molecule has 0 aromatic rings. The molecule has 3 heterocycles. The molecule has 1 spiro atoms. The van der Waals surface area contributed by atoms with Crippen molar-refractivity contribution >= 4 is 15.9 Å². The van der Waals surface area contributed by atoms with Crippen LogP contribution in [-0.4, -0.2) is 80.9 Å². The normalized spacial score (nSPS) is 28.2. The topological polar surface area (TPSA) is 76.2 Å². The smallest absolute Gasteiger partial charge is 0.223 e. The highest BCUT2D eigenvalue weighted by molar-refractivity contribution is 7.89. The third-order valence-corrected chi connectivity index (χ3v) is 7.70. The Bertz CT molecular complexity index is 566. The molecule has 144 valence electrons. The summed E-state index contributed by atoms with van der Waals surface area (Å²) in [5.74, 6) is 0.701. The van der Waals surface area contributed by atoms with Gasteiger partial charge in [-0.15, -0.1) is 0 Å². The Balaban J connectivity index is 1.54. The Hall–Kier alpha value is -0.700. The third kappa shape index (κ3) is 4.53. The highest BCUT2D eigenvalue weighted by atomic mass is 32.2. The molecule has 0 saturated carbocycles. The van der Waals surface area contributed by atoms with E-state index in [1.165, 1.54) is 0 Å². The second-order valence-electron chi connectivity index (χ2n) is 7.39. The highest BCUT2D eigenvalue weighted by Gasteiger charge is 2.42. The van der Waals surface area contributed by atoms with Crippen LogP contribution in [0.15, 0.2) is 0 Å². The highest BCUT2D eigenvalue weighted by Crippen LogP contribution is 2.39. The fourth-order valence-corrected chi connectivity index (χ4v) is 5.30. The number of carbonyl (C=O) groups excluding carboxylic acids is 1. The van der Waals surface area contributed by atoms with Crippen molar-refractivity contribution < 1.29 is 22.7 Å². The van der Waals surface area contributed by atoms with E-state index < -0.39 is 10.0 Å². The molecule has 0 aromatic heterocycles. The number of carbonyl (C=O) groups is 1. The number of rotatable bonds is 4. The Kier molecular flexibility index (Phi) is 6.03. The van der Waals surface area contributed by atoms with Crippen LogP contribution in [0.4, 0.5) is 0 Å². The number of morpholine rings is 1. The number of hydrogen-bond acceptors (Lipinski definition) is 5. The Morgan fingerprint density at radius 2 is 1.80 bits per heavy atom. The molecular weight excluding hydrogens is 344 g/mol. The van der Waals surface area contributed by atoms with Gasteiger partial charge in [0, 0.05) is 39.2 Å². The molecule has 1 amide bonds. The van der Waals surface area contributed by atoms with Crippen molar-refractivity contribution in [2.45, 2.75) is 44.6 Å². The van der Waals surface area contributed by atoms with Gasteiger partial charge in [0.1, 0.15) is 0 Å². The number of nitrogens with zero attached hydrogens (tertiary/aromatic N) is 2. The first-order valence-electron chi connectivity index (χ1n) is 9.41. The maximum absolute atomic E-state index is 12.5. The van der Waals surface area contributed by atoms with Crippen LogP contribution in [0, 0.1) is 5.92 Å². The summed E-state index contributed by atoms with van der Waals surface area (Å²) in [6.07, 6.45) is 3.81. The summed E-state index contributed by atoms with van der Waals surface area (Å²) in [5.41, 5.74) is -0.242. The number of ether oxygens (including phenoxy) is 2. The van der Waals surface area contributed by atoms with Crippen molar-refractivity contribution in [1.29, 1.82) is 0 Å². The molecule has 3 aliphatic rings. The Morgan fingerprint density at radius 1 is 1.12 bits per heavy atom. The van der Waals surface area contributed by atoms with Gasteiger partial charge in [-0.1, -0.05) is 0 Å². The fourth-order valence-electron chi connectivity index (χ4n) is 4.20. The Labute approximate surface area is 150 Å². The molecule has 0 aromatic carbocycles. The van der Waals surface area contributed by atoms with E-state index in [2.05, 4.69) is 0 Å². The lowest BCUT2D eigenvalue weighted by atomic mass is 9.78. The van der Waals surface area contributed by atoms with Gasteiger partial charge < -0.3 is 14.4 Å². The van der Waals surface area contributed by atoms with Gasteiger partial charge in [-0.2, -0.15) is 0 Å². The predicted molar refractivity (Wildman–Crippen MR) is 93.7 cm³/mol. The van der Waals surface area contributed by atoms with Crippen molar-refractivity contribution in [2.24, 2.45) is 5.92 Å². The summed E-state index contributed by atoms with van der Waals surface area (Å²) >= 11 is 0. The van der Waals surface area contributed by atoms with Gasteiger partial charge in [0.25, 0.3) is 0 Å². The molecule has 3 fully saturated rings. The van der Waals surface area contributed by atoms with Crippen molar-refractivity contribution in [1.82, 2.24) is 9.21 Å². The predicted octanol–water partition coefficient (Wildman–Crippen LogP) is 0.846. The van der Waals surface area contributed by atoms with Crippen LogP contribution in [0.25, 0.3) is 0 Å². The average Bonchev–Trinajstić information content (AvgIpc) is 2.63. The molecule has 7 nitrogen and oxygen atoms in total. The number of sulfonamides is 1. The van der Waals surface area contributed by atoms with Gasteiger partial charge in [-0.05, 0) is 38.5 Å². The summed E-state index contributed by atoms with van der Waals surface area (Å²) in [4.78, 5) is 14.4. The minimum atomic E-state index is -3.12. The largest absolute Gasteiger partial charge is 0.378 e. The molecule has 0 bridgehead atoms. The summed E-state index contributed by atoms with van der Waals surface area (Å²) < 4.78 is 37.1. The summed E-state index contributed by atoms with van der Waals surface area (Å²) in [6, 6.07) is 0. The fraction of sp³-hybridized carbons (Fsp3) is 0.941. The van der Waals surface area contributed by atoms with Crippen molar-refractivity contribution in [3.63, 3.8) is 0 Å². The first kappa shape index (κ1) is 19.1. The maximum atomic E-state index is 12.5. The van der Waals surface area contributed by atoms with Gasteiger partial charge >= 0.3 is 0 Å². The zero-order valence-corrected chi connectivity index (χ0v) is 15.9. The molecule has 8 heteroatoms. The van der Waals surface area contributed by atoms with Crippen molar-refractivity contribution in [3.8, 4) is 0 Å². The van der Waals surface area contributed by atoms with Crippen LogP contribution in [0.5, 0.6) is 0 Å². The quantitative estimate of drug-likeness (QED) is 0.729. The van der Waals surface area contributed by atoms with Crippen LogP contribution in [0.3, 0.4) is 0 Å². The molecule has 3 aliphatic heterocycles. The molecule has 1 unspecified atom stereocenters. The van der Waals surface area contributed by atoms with Crippen molar-refractivity contribution in [2.75, 3.05) is 51.8 Å².